The number of aromatic amines is 1. The third-order valence-corrected chi connectivity index (χ3v) is 9.16. The highest BCUT2D eigenvalue weighted by Gasteiger charge is 2.35. The Kier molecular flexibility index (Phi) is 11.9. The van der Waals surface area contributed by atoms with E-state index in [1.54, 1.807) is 51.7 Å². The van der Waals surface area contributed by atoms with Gasteiger partial charge < -0.3 is 28.7 Å². The van der Waals surface area contributed by atoms with Gasteiger partial charge in [-0.1, -0.05) is 29.5 Å². The van der Waals surface area contributed by atoms with Crippen molar-refractivity contribution in [2.75, 3.05) is 34.5 Å². The summed E-state index contributed by atoms with van der Waals surface area (Å²) in [6.45, 7) is 4.59. The molecule has 0 saturated carbocycles. The molecule has 12 heteroatoms. The highest BCUT2D eigenvalue weighted by atomic mass is 16.5. The van der Waals surface area contributed by atoms with E-state index in [0.717, 1.165) is 53.7 Å². The maximum atomic E-state index is 13.0. The number of benzene rings is 3. The van der Waals surface area contributed by atoms with Crippen LogP contribution in [0.3, 0.4) is 0 Å². The van der Waals surface area contributed by atoms with Crippen LogP contribution in [0, 0.1) is 0 Å². The van der Waals surface area contributed by atoms with Gasteiger partial charge in [-0.3, -0.25) is 19.2 Å². The normalized spacial score (nSPS) is 14.3. The molecule has 0 aliphatic carbocycles. The second-order valence-corrected chi connectivity index (χ2v) is 12.6. The van der Waals surface area contributed by atoms with Crippen molar-refractivity contribution in [3.63, 3.8) is 0 Å². The van der Waals surface area contributed by atoms with Gasteiger partial charge in [0.1, 0.15) is 11.8 Å². The van der Waals surface area contributed by atoms with Gasteiger partial charge in [0, 0.05) is 54.4 Å². The molecule has 1 N–H and O–H groups in total. The molecule has 12 nitrogen and oxygen atoms in total. The number of allylic oxidation sites excluding steroid dienone is 1. The van der Waals surface area contributed by atoms with Crippen molar-refractivity contribution in [3.05, 3.63) is 101 Å². The Morgan fingerprint density at radius 3 is 2.46 bits per heavy atom. The van der Waals surface area contributed by atoms with Crippen LogP contribution in [0.4, 0.5) is 0 Å². The molecule has 0 saturated heterocycles. The zero-order valence-corrected chi connectivity index (χ0v) is 30.1. The molecule has 272 valence electrons. The number of esters is 1. The number of aryl methyl sites for hydroxylation is 1. The van der Waals surface area contributed by atoms with E-state index in [1.165, 1.54) is 11.6 Å². The molecule has 0 radical (unpaired) electrons. The van der Waals surface area contributed by atoms with E-state index in [-0.39, 0.29) is 17.8 Å². The number of methoxy groups -OCH3 is 3. The van der Waals surface area contributed by atoms with Gasteiger partial charge in [-0.25, -0.2) is 0 Å². The Morgan fingerprint density at radius 1 is 0.962 bits per heavy atom. The average Bonchev–Trinajstić information content (AvgIpc) is 3.78. The SMILES string of the molecule is CCOC(=O)[C@H]1Cc2c([nH]c3ccccc23)CN1Cc1cn(CCCCCOc2ccc(C(=O)/C=C/c3cc(OC)c(OC)c(OC)c3)cc2)nn1. The summed E-state index contributed by atoms with van der Waals surface area (Å²) in [7, 11) is 4.65. The molecule has 6 rings (SSSR count). The first-order valence-corrected chi connectivity index (χ1v) is 17.5. The van der Waals surface area contributed by atoms with Crippen molar-refractivity contribution in [1.29, 1.82) is 0 Å². The number of carbonyl (C=O) groups excluding carboxylic acids is 2. The van der Waals surface area contributed by atoms with Crippen LogP contribution in [0.1, 0.15) is 59.1 Å². The number of ether oxygens (including phenoxy) is 5. The van der Waals surface area contributed by atoms with Gasteiger partial charge in [0.05, 0.1) is 40.2 Å². The van der Waals surface area contributed by atoms with Gasteiger partial charge in [0.25, 0.3) is 0 Å². The first-order chi connectivity index (χ1) is 25.4. The number of fused-ring (bicyclic) bond motifs is 3. The summed E-state index contributed by atoms with van der Waals surface area (Å²) >= 11 is 0. The fourth-order valence-corrected chi connectivity index (χ4v) is 6.55. The summed E-state index contributed by atoms with van der Waals surface area (Å²) in [5.41, 5.74) is 5.51. The summed E-state index contributed by atoms with van der Waals surface area (Å²) in [6, 6.07) is 18.5. The minimum absolute atomic E-state index is 0.130. The Hall–Kier alpha value is -5.62. The lowest BCUT2D eigenvalue weighted by atomic mass is 9.96. The molecule has 1 aliphatic rings. The van der Waals surface area contributed by atoms with Crippen molar-refractivity contribution in [2.45, 2.75) is 58.3 Å². The minimum atomic E-state index is -0.384. The molecule has 3 heterocycles. The average molecular weight is 708 g/mol. The highest BCUT2D eigenvalue weighted by Crippen LogP contribution is 2.38. The summed E-state index contributed by atoms with van der Waals surface area (Å²) in [6.07, 6.45) is 8.54. The summed E-state index contributed by atoms with van der Waals surface area (Å²) in [4.78, 5) is 31.5. The number of aromatic nitrogens is 4. The molecule has 0 amide bonds. The van der Waals surface area contributed by atoms with Crippen molar-refractivity contribution in [3.8, 4) is 23.0 Å². The smallest absolute Gasteiger partial charge is 0.323 e. The van der Waals surface area contributed by atoms with Crippen LogP contribution in [0.25, 0.3) is 17.0 Å². The maximum Gasteiger partial charge on any atom is 0.323 e. The van der Waals surface area contributed by atoms with Crippen LogP contribution in [0.5, 0.6) is 23.0 Å². The molecule has 0 bridgehead atoms. The summed E-state index contributed by atoms with van der Waals surface area (Å²) < 4.78 is 29.4. The quantitative estimate of drug-likeness (QED) is 0.0500. The minimum Gasteiger partial charge on any atom is -0.494 e. The highest BCUT2D eigenvalue weighted by molar-refractivity contribution is 6.06. The van der Waals surface area contributed by atoms with E-state index in [0.29, 0.717) is 61.3 Å². The van der Waals surface area contributed by atoms with E-state index < -0.39 is 0 Å². The lowest BCUT2D eigenvalue weighted by Gasteiger charge is -2.33. The molecule has 0 unspecified atom stereocenters. The number of hydrogen-bond donors (Lipinski definition) is 1. The van der Waals surface area contributed by atoms with Gasteiger partial charge in [-0.15, -0.1) is 5.10 Å². The number of rotatable bonds is 17. The first kappa shape index (κ1) is 36.2. The lowest BCUT2D eigenvalue weighted by molar-refractivity contribution is -0.150. The fourth-order valence-electron chi connectivity index (χ4n) is 6.55. The van der Waals surface area contributed by atoms with Gasteiger partial charge in [-0.2, -0.15) is 0 Å². The topological polar surface area (TPSA) is 130 Å². The molecule has 1 atom stereocenters. The van der Waals surface area contributed by atoms with E-state index in [4.69, 9.17) is 23.7 Å². The number of nitrogens with zero attached hydrogens (tertiary/aromatic N) is 4. The number of ketones is 1. The second kappa shape index (κ2) is 17.1. The van der Waals surface area contributed by atoms with Gasteiger partial charge in [0.15, 0.2) is 17.3 Å². The fraction of sp³-hybridized carbons (Fsp3) is 0.350. The summed E-state index contributed by atoms with van der Waals surface area (Å²) in [5.74, 6) is 1.90. The van der Waals surface area contributed by atoms with E-state index in [1.807, 2.05) is 42.1 Å². The number of nitrogens with one attached hydrogen (secondary N) is 1. The Morgan fingerprint density at radius 2 is 1.73 bits per heavy atom. The second-order valence-electron chi connectivity index (χ2n) is 12.6. The summed E-state index contributed by atoms with van der Waals surface area (Å²) in [5, 5.41) is 9.91. The molecule has 1 aliphatic heterocycles. The van der Waals surface area contributed by atoms with Crippen molar-refractivity contribution in [1.82, 2.24) is 24.9 Å². The van der Waals surface area contributed by atoms with E-state index >= 15 is 0 Å². The zero-order valence-electron chi connectivity index (χ0n) is 30.1. The Balaban J connectivity index is 0.940. The number of H-pyrrole nitrogens is 1. The Labute approximate surface area is 303 Å². The van der Waals surface area contributed by atoms with Crippen LogP contribution in [-0.2, 0) is 35.6 Å². The van der Waals surface area contributed by atoms with Crippen LogP contribution < -0.4 is 18.9 Å². The predicted molar refractivity (Wildman–Crippen MR) is 197 cm³/mol. The largest absolute Gasteiger partial charge is 0.494 e. The molecule has 5 aromatic rings. The van der Waals surface area contributed by atoms with Crippen molar-refractivity contribution in [2.24, 2.45) is 0 Å². The standard InChI is InChI=1S/C40H45N5O7/c1-5-51-40(47)35-23-32-31-11-7-8-12-33(31)41-34(32)26-44(35)24-29-25-45(43-42-29)19-9-6-10-20-52-30-16-14-28(15-17-30)36(46)18-13-27-21-37(48-2)39(50-4)38(22-27)49-3/h7-8,11-18,21-22,25,35,41H,5-6,9-10,19-20,23-24,26H2,1-4H3/b18-13+/t35-/m1/s1. The first-order valence-electron chi connectivity index (χ1n) is 17.5. The third kappa shape index (κ3) is 8.46. The molecule has 0 spiro atoms. The molecular formula is C40H45N5O7. The van der Waals surface area contributed by atoms with Gasteiger partial charge in [0.2, 0.25) is 5.75 Å². The molecule has 2 aromatic heterocycles. The number of unbranched alkanes of at least 4 members (excludes halogenated alkanes) is 2. The number of carbonyl (C=O) groups is 2. The predicted octanol–water partition coefficient (Wildman–Crippen LogP) is 6.42. The van der Waals surface area contributed by atoms with Crippen LogP contribution in [0.15, 0.2) is 72.9 Å². The maximum absolute atomic E-state index is 13.0. The zero-order chi connectivity index (χ0) is 36.5. The number of para-hydroxylation sites is 1. The van der Waals surface area contributed by atoms with Gasteiger partial charge >= 0.3 is 5.97 Å². The third-order valence-electron chi connectivity index (χ3n) is 9.16. The molecule has 52 heavy (non-hydrogen) atoms. The number of hydrogen-bond acceptors (Lipinski definition) is 10. The van der Waals surface area contributed by atoms with Crippen molar-refractivity contribution >= 4 is 28.7 Å². The van der Waals surface area contributed by atoms with Crippen LogP contribution in [-0.4, -0.2) is 77.2 Å². The van der Waals surface area contributed by atoms with Crippen LogP contribution >= 0.6 is 0 Å². The van der Waals surface area contributed by atoms with Crippen LogP contribution in [0.2, 0.25) is 0 Å². The van der Waals surface area contributed by atoms with Crippen molar-refractivity contribution < 1.29 is 33.3 Å². The Bertz CT molecular complexity index is 1990. The molecule has 3 aromatic carbocycles. The molecule has 0 fully saturated rings. The lowest BCUT2D eigenvalue weighted by Crippen LogP contribution is -2.45. The monoisotopic (exact) mass is 707 g/mol. The van der Waals surface area contributed by atoms with E-state index in [2.05, 4.69) is 32.3 Å². The van der Waals surface area contributed by atoms with Gasteiger partial charge in [-0.05, 0) is 85.9 Å². The van der Waals surface area contributed by atoms with E-state index in [9.17, 15) is 9.59 Å². The molecular weight excluding hydrogens is 662 g/mol.